The van der Waals surface area contributed by atoms with E-state index >= 15 is 0 Å². The Morgan fingerprint density at radius 3 is 2.59 bits per heavy atom. The molecule has 2 aromatic rings. The van der Waals surface area contributed by atoms with Crippen molar-refractivity contribution in [1.82, 2.24) is 20.3 Å². The molecule has 2 N–H and O–H groups in total. The first-order valence-electron chi connectivity index (χ1n) is 7.31. The second-order valence-electron chi connectivity index (χ2n) is 5.15. The van der Waals surface area contributed by atoms with Crippen LogP contribution < -0.4 is 15.5 Å². The Morgan fingerprint density at radius 1 is 1.14 bits per heavy atom. The van der Waals surface area contributed by atoms with Gasteiger partial charge in [-0.1, -0.05) is 0 Å². The first kappa shape index (κ1) is 14.2. The van der Waals surface area contributed by atoms with Gasteiger partial charge in [-0.05, 0) is 31.0 Å². The van der Waals surface area contributed by atoms with Crippen LogP contribution in [0.1, 0.15) is 12.8 Å². The summed E-state index contributed by atoms with van der Waals surface area (Å²) in [5, 5.41) is 5.78. The van der Waals surface area contributed by atoms with Crippen molar-refractivity contribution in [1.29, 1.82) is 0 Å². The summed E-state index contributed by atoms with van der Waals surface area (Å²) in [5.41, 5.74) is 0.690. The summed E-state index contributed by atoms with van der Waals surface area (Å²) in [7, 11) is 0. The third-order valence-corrected chi connectivity index (χ3v) is 3.58. The van der Waals surface area contributed by atoms with Gasteiger partial charge in [0.15, 0.2) is 0 Å². The molecule has 0 saturated carbocycles. The Labute approximate surface area is 128 Å². The maximum atomic E-state index is 11.9. The first-order valence-corrected chi connectivity index (χ1v) is 7.31. The van der Waals surface area contributed by atoms with Gasteiger partial charge >= 0.3 is 6.03 Å². The molecule has 1 aliphatic heterocycles. The van der Waals surface area contributed by atoms with Crippen LogP contribution in [-0.4, -0.2) is 40.1 Å². The van der Waals surface area contributed by atoms with E-state index in [9.17, 15) is 4.79 Å². The number of urea groups is 1. The monoisotopic (exact) mass is 298 g/mol. The van der Waals surface area contributed by atoms with E-state index in [1.807, 2.05) is 6.07 Å². The van der Waals surface area contributed by atoms with Crippen LogP contribution in [0, 0.1) is 0 Å². The van der Waals surface area contributed by atoms with Crippen molar-refractivity contribution < 1.29 is 4.79 Å². The molecule has 2 aromatic heterocycles. The third kappa shape index (κ3) is 3.69. The van der Waals surface area contributed by atoms with Gasteiger partial charge in [0.05, 0.1) is 11.9 Å². The summed E-state index contributed by atoms with van der Waals surface area (Å²) in [6, 6.07) is 5.37. The third-order valence-electron chi connectivity index (χ3n) is 3.58. The summed E-state index contributed by atoms with van der Waals surface area (Å²) in [4.78, 5) is 26.5. The van der Waals surface area contributed by atoms with Crippen molar-refractivity contribution in [3.05, 3.63) is 43.0 Å². The van der Waals surface area contributed by atoms with E-state index in [0.29, 0.717) is 5.69 Å². The lowest BCUT2D eigenvalue weighted by molar-refractivity contribution is 0.246. The van der Waals surface area contributed by atoms with Gasteiger partial charge in [-0.25, -0.2) is 14.8 Å². The van der Waals surface area contributed by atoms with Crippen LogP contribution in [0.5, 0.6) is 0 Å². The number of rotatable bonds is 3. The van der Waals surface area contributed by atoms with Crippen molar-refractivity contribution >= 4 is 17.7 Å². The molecule has 0 aromatic carbocycles. The van der Waals surface area contributed by atoms with Crippen LogP contribution in [0.3, 0.4) is 0 Å². The maximum Gasteiger partial charge on any atom is 0.319 e. The smallest absolute Gasteiger partial charge is 0.319 e. The Hall–Kier alpha value is -2.70. The van der Waals surface area contributed by atoms with Crippen molar-refractivity contribution in [2.24, 2.45) is 0 Å². The normalized spacial score (nSPS) is 15.4. The van der Waals surface area contributed by atoms with Crippen molar-refractivity contribution in [2.75, 3.05) is 23.3 Å². The zero-order chi connectivity index (χ0) is 15.2. The molecule has 22 heavy (non-hydrogen) atoms. The number of hydrogen-bond acceptors (Lipinski definition) is 5. The molecule has 3 rings (SSSR count). The van der Waals surface area contributed by atoms with Gasteiger partial charge in [0.25, 0.3) is 0 Å². The van der Waals surface area contributed by atoms with Crippen molar-refractivity contribution in [3.8, 4) is 0 Å². The topological polar surface area (TPSA) is 83.0 Å². The predicted octanol–water partition coefficient (Wildman–Crippen LogP) is 1.66. The molecule has 3 heterocycles. The number of aromatic nitrogens is 3. The molecule has 0 bridgehead atoms. The van der Waals surface area contributed by atoms with Gasteiger partial charge in [0, 0.05) is 37.7 Å². The molecule has 0 unspecified atom stereocenters. The molecule has 0 aliphatic carbocycles. The molecule has 1 fully saturated rings. The fourth-order valence-electron chi connectivity index (χ4n) is 2.47. The van der Waals surface area contributed by atoms with E-state index in [1.165, 1.54) is 0 Å². The van der Waals surface area contributed by atoms with Crippen LogP contribution in [-0.2, 0) is 0 Å². The fourth-order valence-corrected chi connectivity index (χ4v) is 2.47. The highest BCUT2D eigenvalue weighted by Crippen LogP contribution is 2.15. The lowest BCUT2D eigenvalue weighted by atomic mass is 10.1. The standard InChI is InChI=1S/C15H18N6O/c22-15(20-13-3-1-6-16-11-13)19-12-4-9-21(10-5-12)14-17-7-2-8-18-14/h1-3,6-8,11-12H,4-5,9-10H2,(H2,19,20,22). The van der Waals surface area contributed by atoms with E-state index in [1.54, 1.807) is 36.9 Å². The Kier molecular flexibility index (Phi) is 4.43. The Morgan fingerprint density at radius 2 is 1.91 bits per heavy atom. The quantitative estimate of drug-likeness (QED) is 0.900. The van der Waals surface area contributed by atoms with E-state index in [2.05, 4.69) is 30.5 Å². The Balaban J connectivity index is 1.47. The molecule has 1 aliphatic rings. The molecule has 7 heteroatoms. The average Bonchev–Trinajstić information content (AvgIpc) is 2.57. The summed E-state index contributed by atoms with van der Waals surface area (Å²) in [5.74, 6) is 0.751. The van der Waals surface area contributed by atoms with Gasteiger partial charge in [-0.3, -0.25) is 4.98 Å². The Bertz CT molecular complexity index is 598. The van der Waals surface area contributed by atoms with E-state index in [4.69, 9.17) is 0 Å². The van der Waals surface area contributed by atoms with E-state index in [0.717, 1.165) is 31.9 Å². The van der Waals surface area contributed by atoms with E-state index in [-0.39, 0.29) is 12.1 Å². The maximum absolute atomic E-state index is 11.9. The zero-order valence-corrected chi connectivity index (χ0v) is 12.1. The number of amides is 2. The van der Waals surface area contributed by atoms with E-state index < -0.39 is 0 Å². The minimum absolute atomic E-state index is 0.164. The summed E-state index contributed by atoms with van der Waals surface area (Å²) in [6.45, 7) is 1.67. The first-order chi connectivity index (χ1) is 10.8. The highest BCUT2D eigenvalue weighted by molar-refractivity contribution is 5.89. The van der Waals surface area contributed by atoms with Gasteiger partial charge in [0.2, 0.25) is 5.95 Å². The molecule has 1 saturated heterocycles. The summed E-state index contributed by atoms with van der Waals surface area (Å²) in [6.07, 6.45) is 8.53. The van der Waals surface area contributed by atoms with Crippen molar-refractivity contribution in [2.45, 2.75) is 18.9 Å². The van der Waals surface area contributed by atoms with Crippen LogP contribution in [0.2, 0.25) is 0 Å². The van der Waals surface area contributed by atoms with Gasteiger partial charge < -0.3 is 15.5 Å². The molecule has 0 atom stereocenters. The SMILES string of the molecule is O=C(Nc1cccnc1)NC1CCN(c2ncccn2)CC1. The van der Waals surface area contributed by atoms with Crippen molar-refractivity contribution in [3.63, 3.8) is 0 Å². The lowest BCUT2D eigenvalue weighted by Gasteiger charge is -2.32. The minimum Gasteiger partial charge on any atom is -0.341 e. The van der Waals surface area contributed by atoms with Gasteiger partial charge in [-0.15, -0.1) is 0 Å². The number of nitrogens with one attached hydrogen (secondary N) is 2. The number of nitrogens with zero attached hydrogens (tertiary/aromatic N) is 4. The average molecular weight is 298 g/mol. The number of hydrogen-bond donors (Lipinski definition) is 2. The molecule has 2 amide bonds. The zero-order valence-electron chi connectivity index (χ0n) is 12.1. The number of carbonyl (C=O) groups is 1. The minimum atomic E-state index is -0.192. The highest BCUT2D eigenvalue weighted by atomic mass is 16.2. The van der Waals surface area contributed by atoms with Crippen LogP contribution in [0.4, 0.5) is 16.4 Å². The number of anilines is 2. The fraction of sp³-hybridized carbons (Fsp3) is 0.333. The molecular weight excluding hydrogens is 280 g/mol. The number of pyridine rings is 1. The largest absolute Gasteiger partial charge is 0.341 e. The van der Waals surface area contributed by atoms with Crippen LogP contribution in [0.25, 0.3) is 0 Å². The summed E-state index contributed by atoms with van der Waals surface area (Å²) >= 11 is 0. The second kappa shape index (κ2) is 6.84. The number of piperidine rings is 1. The molecular formula is C15H18N6O. The molecule has 114 valence electrons. The van der Waals surface area contributed by atoms with Crippen LogP contribution >= 0.6 is 0 Å². The predicted molar refractivity (Wildman–Crippen MR) is 83.7 cm³/mol. The second-order valence-corrected chi connectivity index (χ2v) is 5.15. The van der Waals surface area contributed by atoms with Gasteiger partial charge in [-0.2, -0.15) is 0 Å². The van der Waals surface area contributed by atoms with Gasteiger partial charge in [0.1, 0.15) is 0 Å². The number of carbonyl (C=O) groups excluding carboxylic acids is 1. The summed E-state index contributed by atoms with van der Waals surface area (Å²) < 4.78 is 0. The molecule has 7 nitrogen and oxygen atoms in total. The molecule has 0 radical (unpaired) electrons. The molecule has 0 spiro atoms. The highest BCUT2D eigenvalue weighted by Gasteiger charge is 2.22. The van der Waals surface area contributed by atoms with Crippen LogP contribution in [0.15, 0.2) is 43.0 Å². The lowest BCUT2D eigenvalue weighted by Crippen LogP contribution is -2.46.